The van der Waals surface area contributed by atoms with Crippen LogP contribution >= 0.6 is 0 Å². The summed E-state index contributed by atoms with van der Waals surface area (Å²) in [6, 6.07) is 14.4. The van der Waals surface area contributed by atoms with Crippen molar-refractivity contribution >= 4 is 40.6 Å². The molecule has 2 aromatic carbocycles. The summed E-state index contributed by atoms with van der Waals surface area (Å²) in [7, 11) is 1.49. The van der Waals surface area contributed by atoms with Gasteiger partial charge in [-0.3, -0.25) is 24.0 Å². The molecule has 0 saturated carbocycles. The van der Waals surface area contributed by atoms with Crippen LogP contribution in [0.5, 0.6) is 0 Å². The normalized spacial score (nSPS) is 20.9. The molecule has 0 bridgehead atoms. The van der Waals surface area contributed by atoms with Gasteiger partial charge in [-0.05, 0) is 43.9 Å². The minimum Gasteiger partial charge on any atom is -0.354 e. The van der Waals surface area contributed by atoms with Gasteiger partial charge in [-0.2, -0.15) is 0 Å². The van der Waals surface area contributed by atoms with Crippen molar-refractivity contribution in [2.75, 3.05) is 26.7 Å². The molecule has 3 N–H and O–H groups in total. The third kappa shape index (κ3) is 8.49. The summed E-state index contributed by atoms with van der Waals surface area (Å²) in [4.78, 5) is 74.4. The Balaban J connectivity index is 1.56. The highest BCUT2D eigenvalue weighted by Gasteiger charge is 2.33. The number of nitrogens with zero attached hydrogens (tertiary/aromatic N) is 4. The van der Waals surface area contributed by atoms with Crippen LogP contribution in [-0.4, -0.2) is 93.7 Å². The van der Waals surface area contributed by atoms with Crippen molar-refractivity contribution in [2.24, 2.45) is 5.92 Å². The predicted octanol–water partition coefficient (Wildman–Crippen LogP) is 1.80. The Morgan fingerprint density at radius 3 is 2.39 bits per heavy atom. The van der Waals surface area contributed by atoms with Crippen LogP contribution < -0.4 is 16.0 Å². The van der Waals surface area contributed by atoms with Crippen LogP contribution in [-0.2, 0) is 36.9 Å². The summed E-state index contributed by atoms with van der Waals surface area (Å²) in [6.07, 6.45) is 0.778. The lowest BCUT2D eigenvalue weighted by Gasteiger charge is -2.32. The molecule has 5 amide bonds. The van der Waals surface area contributed by atoms with Gasteiger partial charge in [0.1, 0.15) is 23.9 Å². The zero-order chi connectivity index (χ0) is 33.4. The van der Waals surface area contributed by atoms with E-state index in [0.717, 1.165) is 22.4 Å². The molecule has 1 aliphatic heterocycles. The van der Waals surface area contributed by atoms with E-state index < -0.39 is 35.8 Å². The summed E-state index contributed by atoms with van der Waals surface area (Å²) in [5.74, 6) is -1.50. The van der Waals surface area contributed by atoms with Gasteiger partial charge in [0, 0.05) is 39.5 Å². The number of aromatic nitrogens is 2. The molecule has 0 spiro atoms. The maximum absolute atomic E-state index is 13.7. The van der Waals surface area contributed by atoms with Crippen LogP contribution in [0.2, 0.25) is 0 Å². The Morgan fingerprint density at radius 1 is 0.978 bits per heavy atom. The molecule has 2 heterocycles. The third-order valence-electron chi connectivity index (χ3n) is 8.36. The average Bonchev–Trinajstić information content (AvgIpc) is 3.35. The number of hydrogen-bond acceptors (Lipinski definition) is 6. The van der Waals surface area contributed by atoms with Gasteiger partial charge in [-0.25, -0.2) is 4.98 Å². The van der Waals surface area contributed by atoms with Gasteiger partial charge in [-0.15, -0.1) is 0 Å². The molecule has 0 aliphatic carbocycles. The average molecular weight is 632 g/mol. The number of likely N-dealkylation sites (N-methyl/N-ethyl adjacent to an activating group) is 1. The number of aryl methyl sites for hydroxylation is 2. The van der Waals surface area contributed by atoms with E-state index in [9.17, 15) is 24.0 Å². The molecule has 12 nitrogen and oxygen atoms in total. The lowest BCUT2D eigenvalue weighted by Crippen LogP contribution is -2.57. The molecular weight excluding hydrogens is 586 g/mol. The van der Waals surface area contributed by atoms with Crippen LogP contribution in [0.1, 0.15) is 45.0 Å². The molecule has 4 rings (SSSR count). The minimum atomic E-state index is -0.916. The molecule has 0 unspecified atom stereocenters. The summed E-state index contributed by atoms with van der Waals surface area (Å²) >= 11 is 0. The fourth-order valence-electron chi connectivity index (χ4n) is 5.71. The molecule has 1 saturated heterocycles. The van der Waals surface area contributed by atoms with E-state index in [-0.39, 0.29) is 50.2 Å². The highest BCUT2D eigenvalue weighted by Crippen LogP contribution is 2.17. The number of rotatable bonds is 6. The van der Waals surface area contributed by atoms with Crippen molar-refractivity contribution < 1.29 is 24.0 Å². The van der Waals surface area contributed by atoms with Crippen LogP contribution in [0.15, 0.2) is 54.6 Å². The molecule has 3 atom stereocenters. The molecule has 1 aromatic heterocycles. The fraction of sp³-hybridized carbons (Fsp3) is 0.471. The van der Waals surface area contributed by atoms with Crippen molar-refractivity contribution in [3.05, 3.63) is 66.0 Å². The van der Waals surface area contributed by atoms with E-state index in [1.807, 2.05) is 66.1 Å². The van der Waals surface area contributed by atoms with Crippen LogP contribution in [0.4, 0.5) is 0 Å². The fourth-order valence-corrected chi connectivity index (χ4v) is 5.71. The highest BCUT2D eigenvalue weighted by molar-refractivity contribution is 5.94. The number of amides is 5. The third-order valence-corrected chi connectivity index (χ3v) is 8.36. The molecule has 3 aromatic rings. The Morgan fingerprint density at radius 2 is 1.67 bits per heavy atom. The van der Waals surface area contributed by atoms with Crippen LogP contribution in [0, 0.1) is 12.8 Å². The standard InChI is InChI=1S/C34H45N7O5/c1-22(2)31-34(46)39(5)21-29(42)37-27(20-25-12-7-6-8-13-25)33(45)35-17-11-18-40(23(3)32(44)38-31)30(43)16-19-41-24(4)36-26-14-9-10-15-28(26)41/h6-10,12-15,22-23,27,31H,11,16-21H2,1-5H3,(H,35,45)(H,37,42)(H,38,44)/t23-,27+,31+/m1/s1. The lowest BCUT2D eigenvalue weighted by molar-refractivity contribution is -0.143. The smallest absolute Gasteiger partial charge is 0.245 e. The van der Waals surface area contributed by atoms with Crippen LogP contribution in [0.25, 0.3) is 11.0 Å². The second-order valence-corrected chi connectivity index (χ2v) is 12.2. The summed E-state index contributed by atoms with van der Waals surface area (Å²) < 4.78 is 1.99. The van der Waals surface area contributed by atoms with E-state index in [1.165, 1.54) is 16.8 Å². The summed E-state index contributed by atoms with van der Waals surface area (Å²) in [5.41, 5.74) is 2.64. The zero-order valence-corrected chi connectivity index (χ0v) is 27.3. The quantitative estimate of drug-likeness (QED) is 0.378. The highest BCUT2D eigenvalue weighted by atomic mass is 16.2. The molecule has 46 heavy (non-hydrogen) atoms. The molecular formula is C34H45N7O5. The van der Waals surface area contributed by atoms with Gasteiger partial charge in [-0.1, -0.05) is 56.3 Å². The Labute approximate surface area is 269 Å². The first-order chi connectivity index (χ1) is 22.0. The van der Waals surface area contributed by atoms with Gasteiger partial charge < -0.3 is 30.3 Å². The first kappa shape index (κ1) is 34.1. The van der Waals surface area contributed by atoms with E-state index >= 15 is 0 Å². The Kier molecular flexibility index (Phi) is 11.5. The van der Waals surface area contributed by atoms with E-state index in [0.29, 0.717) is 13.0 Å². The molecule has 12 heteroatoms. The van der Waals surface area contributed by atoms with Gasteiger partial charge in [0.05, 0.1) is 17.6 Å². The number of imidazole rings is 1. The topological polar surface area (TPSA) is 146 Å². The number of carbonyl (C=O) groups excluding carboxylic acids is 5. The first-order valence-electron chi connectivity index (χ1n) is 15.8. The number of benzene rings is 2. The van der Waals surface area contributed by atoms with Crippen molar-refractivity contribution in [3.63, 3.8) is 0 Å². The summed E-state index contributed by atoms with van der Waals surface area (Å²) in [6.45, 7) is 7.67. The monoisotopic (exact) mass is 631 g/mol. The number of hydrogen-bond donors (Lipinski definition) is 3. The first-order valence-corrected chi connectivity index (χ1v) is 15.8. The van der Waals surface area contributed by atoms with Crippen molar-refractivity contribution in [2.45, 2.75) is 71.6 Å². The van der Waals surface area contributed by atoms with Crippen molar-refractivity contribution in [1.82, 2.24) is 35.3 Å². The van der Waals surface area contributed by atoms with Gasteiger partial charge in [0.25, 0.3) is 0 Å². The van der Waals surface area contributed by atoms with Gasteiger partial charge >= 0.3 is 0 Å². The molecule has 246 valence electrons. The second-order valence-electron chi connectivity index (χ2n) is 12.2. The van der Waals surface area contributed by atoms with E-state index in [2.05, 4.69) is 20.9 Å². The van der Waals surface area contributed by atoms with Gasteiger partial charge in [0.2, 0.25) is 29.5 Å². The number of para-hydroxylation sites is 2. The summed E-state index contributed by atoms with van der Waals surface area (Å²) in [5, 5.41) is 8.50. The van der Waals surface area contributed by atoms with Crippen molar-refractivity contribution in [3.8, 4) is 0 Å². The maximum Gasteiger partial charge on any atom is 0.245 e. The Bertz CT molecular complexity index is 1550. The van der Waals surface area contributed by atoms with Crippen LogP contribution in [0.3, 0.4) is 0 Å². The lowest BCUT2D eigenvalue weighted by atomic mass is 10.0. The number of fused-ring (bicyclic) bond motifs is 1. The van der Waals surface area contributed by atoms with E-state index in [1.54, 1.807) is 20.8 Å². The van der Waals surface area contributed by atoms with E-state index in [4.69, 9.17) is 0 Å². The zero-order valence-electron chi connectivity index (χ0n) is 27.3. The SMILES string of the molecule is Cc1nc2ccccc2n1CCC(=O)N1CCCNC(=O)[C@H](Cc2ccccc2)NC(=O)CN(C)C(=O)[C@H](C(C)C)NC(=O)[C@H]1C. The molecule has 0 radical (unpaired) electrons. The predicted molar refractivity (Wildman–Crippen MR) is 174 cm³/mol. The Hall–Kier alpha value is -4.74. The minimum absolute atomic E-state index is 0.131. The number of carbonyl (C=O) groups is 5. The van der Waals surface area contributed by atoms with Crippen molar-refractivity contribution in [1.29, 1.82) is 0 Å². The second kappa shape index (κ2) is 15.5. The van der Waals surface area contributed by atoms with Gasteiger partial charge in [0.15, 0.2) is 0 Å². The molecule has 1 fully saturated rings. The largest absolute Gasteiger partial charge is 0.354 e. The number of nitrogens with one attached hydrogen (secondary N) is 3. The maximum atomic E-state index is 13.7. The molecule has 1 aliphatic rings.